The van der Waals surface area contributed by atoms with Gasteiger partial charge in [-0.15, -0.1) is 5.10 Å². The number of aromatic nitrogens is 2. The summed E-state index contributed by atoms with van der Waals surface area (Å²) in [6.07, 6.45) is 0.796. The van der Waals surface area contributed by atoms with Crippen LogP contribution in [-0.4, -0.2) is 41.3 Å². The molecule has 0 aliphatic carbocycles. The summed E-state index contributed by atoms with van der Waals surface area (Å²) < 4.78 is 14.6. The molecular weight excluding hydrogens is 328 g/mol. The molecule has 3 rings (SSSR count). The summed E-state index contributed by atoms with van der Waals surface area (Å²) in [6.45, 7) is 3.58. The van der Waals surface area contributed by atoms with Crippen LogP contribution in [0.1, 0.15) is 21.7 Å². The fourth-order valence-electron chi connectivity index (χ4n) is 2.74. The number of carbonyl (C=O) groups is 1. The van der Waals surface area contributed by atoms with E-state index in [1.54, 1.807) is 19.1 Å². The Labute approximate surface area is 144 Å². The molecular formula is C16H20N4O3S. The van der Waals surface area contributed by atoms with Crippen LogP contribution >= 0.6 is 11.5 Å². The summed E-state index contributed by atoms with van der Waals surface area (Å²) in [5, 5.41) is 6.89. The van der Waals surface area contributed by atoms with Crippen molar-refractivity contribution in [1.29, 1.82) is 0 Å². The van der Waals surface area contributed by atoms with Crippen LogP contribution < -0.4 is 14.8 Å². The molecule has 2 heterocycles. The predicted molar refractivity (Wildman–Crippen MR) is 90.5 cm³/mol. The molecule has 1 N–H and O–H groups in total. The summed E-state index contributed by atoms with van der Waals surface area (Å²) in [5.74, 6) is 1.41. The van der Waals surface area contributed by atoms with E-state index in [2.05, 4.69) is 14.9 Å². The Morgan fingerprint density at radius 2 is 2.00 bits per heavy atom. The summed E-state index contributed by atoms with van der Waals surface area (Å²) in [7, 11) is 3.24. The molecule has 1 aliphatic rings. The first kappa shape index (κ1) is 16.5. The van der Waals surface area contributed by atoms with Crippen molar-refractivity contribution in [2.75, 3.05) is 20.8 Å². The molecule has 1 aromatic carbocycles. The number of fused-ring (bicyclic) bond motifs is 1. The molecule has 0 fully saturated rings. The quantitative estimate of drug-likeness (QED) is 0.916. The minimum Gasteiger partial charge on any atom is -0.493 e. The molecule has 24 heavy (non-hydrogen) atoms. The van der Waals surface area contributed by atoms with Crippen molar-refractivity contribution in [2.45, 2.75) is 26.4 Å². The van der Waals surface area contributed by atoms with Gasteiger partial charge >= 0.3 is 6.03 Å². The molecule has 0 bridgehead atoms. The first-order valence-corrected chi connectivity index (χ1v) is 8.44. The summed E-state index contributed by atoms with van der Waals surface area (Å²) in [4.78, 5) is 15.2. The highest BCUT2D eigenvalue weighted by Crippen LogP contribution is 2.33. The summed E-state index contributed by atoms with van der Waals surface area (Å²) in [6, 6.07) is 3.86. The highest BCUT2D eigenvalue weighted by atomic mass is 32.1. The number of carbonyl (C=O) groups excluding carboxylic acids is 1. The predicted octanol–water partition coefficient (Wildman–Crippen LogP) is 2.13. The summed E-state index contributed by atoms with van der Waals surface area (Å²) in [5.41, 5.74) is 3.14. The van der Waals surface area contributed by atoms with Gasteiger partial charge in [0.15, 0.2) is 11.5 Å². The van der Waals surface area contributed by atoms with Gasteiger partial charge in [-0.2, -0.15) is 0 Å². The maximum absolute atomic E-state index is 12.4. The van der Waals surface area contributed by atoms with Crippen LogP contribution in [0.25, 0.3) is 0 Å². The first-order chi connectivity index (χ1) is 11.6. The standard InChI is InChI=1S/C16H20N4O3S/c1-10-15(24-19-18-10)8-17-16(21)20-5-4-11-6-13(22-2)14(23-3)7-12(11)9-20/h6-7H,4-5,8-9H2,1-3H3,(H,17,21). The van der Waals surface area contributed by atoms with Crippen LogP contribution in [0.4, 0.5) is 4.79 Å². The topological polar surface area (TPSA) is 76.6 Å². The summed E-state index contributed by atoms with van der Waals surface area (Å²) >= 11 is 1.31. The average Bonchev–Trinajstić information content (AvgIpc) is 3.02. The number of nitrogens with one attached hydrogen (secondary N) is 1. The number of methoxy groups -OCH3 is 2. The fourth-order valence-corrected chi connectivity index (χ4v) is 3.31. The second kappa shape index (κ2) is 7.04. The number of urea groups is 1. The number of hydrogen-bond donors (Lipinski definition) is 1. The Bertz CT molecular complexity index is 747. The van der Waals surface area contributed by atoms with E-state index in [9.17, 15) is 4.79 Å². The zero-order chi connectivity index (χ0) is 17.1. The van der Waals surface area contributed by atoms with E-state index in [4.69, 9.17) is 9.47 Å². The average molecular weight is 348 g/mol. The molecule has 1 aromatic heterocycles. The molecule has 2 aromatic rings. The number of benzene rings is 1. The van der Waals surface area contributed by atoms with Crippen LogP contribution in [0.5, 0.6) is 11.5 Å². The van der Waals surface area contributed by atoms with Crippen molar-refractivity contribution in [1.82, 2.24) is 19.8 Å². The van der Waals surface area contributed by atoms with E-state index in [-0.39, 0.29) is 6.03 Å². The van der Waals surface area contributed by atoms with Crippen molar-refractivity contribution >= 4 is 17.6 Å². The third kappa shape index (κ3) is 3.28. The van der Waals surface area contributed by atoms with Crippen molar-refractivity contribution in [3.8, 4) is 11.5 Å². The lowest BCUT2D eigenvalue weighted by atomic mass is 9.99. The number of rotatable bonds is 4. The third-order valence-corrected chi connectivity index (χ3v) is 4.97. The maximum Gasteiger partial charge on any atom is 0.318 e. The van der Waals surface area contributed by atoms with Crippen LogP contribution in [0.3, 0.4) is 0 Å². The molecule has 2 amide bonds. The number of nitrogens with zero attached hydrogens (tertiary/aromatic N) is 3. The highest BCUT2D eigenvalue weighted by molar-refractivity contribution is 7.05. The zero-order valence-corrected chi connectivity index (χ0v) is 14.8. The molecule has 0 saturated heterocycles. The van der Waals surface area contributed by atoms with E-state index in [0.29, 0.717) is 25.4 Å². The number of aryl methyl sites for hydroxylation is 1. The van der Waals surface area contributed by atoms with Gasteiger partial charge in [0, 0.05) is 13.1 Å². The van der Waals surface area contributed by atoms with Crippen molar-refractivity contribution in [3.63, 3.8) is 0 Å². The van der Waals surface area contributed by atoms with Crippen LogP contribution in [-0.2, 0) is 19.5 Å². The number of hydrogen-bond acceptors (Lipinski definition) is 6. The minimum absolute atomic E-state index is 0.0803. The Morgan fingerprint density at radius 1 is 1.29 bits per heavy atom. The van der Waals surface area contributed by atoms with E-state index in [0.717, 1.165) is 28.3 Å². The molecule has 1 aliphatic heterocycles. The molecule has 7 nitrogen and oxygen atoms in total. The van der Waals surface area contributed by atoms with E-state index in [1.165, 1.54) is 17.1 Å². The van der Waals surface area contributed by atoms with Gasteiger partial charge in [-0.1, -0.05) is 4.49 Å². The maximum atomic E-state index is 12.4. The minimum atomic E-state index is -0.0803. The number of amides is 2. The highest BCUT2D eigenvalue weighted by Gasteiger charge is 2.23. The Balaban J connectivity index is 1.67. The van der Waals surface area contributed by atoms with Gasteiger partial charge in [0.1, 0.15) is 0 Å². The Morgan fingerprint density at radius 3 is 2.62 bits per heavy atom. The molecule has 8 heteroatoms. The van der Waals surface area contributed by atoms with Gasteiger partial charge in [-0.3, -0.25) is 0 Å². The van der Waals surface area contributed by atoms with Crippen LogP contribution in [0.15, 0.2) is 12.1 Å². The molecule has 128 valence electrons. The zero-order valence-electron chi connectivity index (χ0n) is 14.0. The largest absolute Gasteiger partial charge is 0.493 e. The molecule has 0 spiro atoms. The number of ether oxygens (including phenoxy) is 2. The van der Waals surface area contributed by atoms with Crippen molar-refractivity contribution in [2.24, 2.45) is 0 Å². The van der Waals surface area contributed by atoms with Gasteiger partial charge in [0.25, 0.3) is 0 Å². The lowest BCUT2D eigenvalue weighted by molar-refractivity contribution is 0.192. The van der Waals surface area contributed by atoms with Gasteiger partial charge in [-0.05, 0) is 48.1 Å². The van der Waals surface area contributed by atoms with E-state index >= 15 is 0 Å². The Hall–Kier alpha value is -2.35. The fraction of sp³-hybridized carbons (Fsp3) is 0.438. The van der Waals surface area contributed by atoms with Crippen LogP contribution in [0.2, 0.25) is 0 Å². The van der Waals surface area contributed by atoms with Gasteiger partial charge < -0.3 is 19.7 Å². The normalized spacial score (nSPS) is 13.4. The van der Waals surface area contributed by atoms with Gasteiger partial charge in [0.2, 0.25) is 0 Å². The molecule has 0 radical (unpaired) electrons. The first-order valence-electron chi connectivity index (χ1n) is 7.66. The van der Waals surface area contributed by atoms with Crippen molar-refractivity contribution in [3.05, 3.63) is 33.8 Å². The van der Waals surface area contributed by atoms with Crippen molar-refractivity contribution < 1.29 is 14.3 Å². The van der Waals surface area contributed by atoms with E-state index < -0.39 is 0 Å². The second-order valence-electron chi connectivity index (χ2n) is 5.59. The SMILES string of the molecule is COc1cc2c(cc1OC)CN(C(=O)NCc1snnc1C)CC2. The Kier molecular flexibility index (Phi) is 4.84. The smallest absolute Gasteiger partial charge is 0.318 e. The lowest BCUT2D eigenvalue weighted by Gasteiger charge is -2.29. The third-order valence-electron chi connectivity index (χ3n) is 4.15. The molecule has 0 unspecified atom stereocenters. The monoisotopic (exact) mass is 348 g/mol. The second-order valence-corrected chi connectivity index (χ2v) is 6.43. The van der Waals surface area contributed by atoms with Crippen LogP contribution in [0, 0.1) is 6.92 Å². The molecule has 0 saturated carbocycles. The van der Waals surface area contributed by atoms with E-state index in [1.807, 2.05) is 19.1 Å². The van der Waals surface area contributed by atoms with Gasteiger partial charge in [-0.25, -0.2) is 4.79 Å². The molecule has 0 atom stereocenters. The lowest BCUT2D eigenvalue weighted by Crippen LogP contribution is -2.42. The van der Waals surface area contributed by atoms with Gasteiger partial charge in [0.05, 0.1) is 31.3 Å².